The molecule has 0 aliphatic heterocycles. The molecule has 0 spiro atoms. The number of fused-ring (bicyclic) bond motifs is 7. The van der Waals surface area contributed by atoms with Crippen molar-refractivity contribution < 1.29 is 19.8 Å². The number of carbonyl (C=O) groups excluding carboxylic acids is 1. The van der Waals surface area contributed by atoms with Crippen molar-refractivity contribution in [1.29, 1.82) is 0 Å². The molecule has 33 heavy (non-hydrogen) atoms. The molecule has 0 aromatic carbocycles. The van der Waals surface area contributed by atoms with E-state index in [2.05, 4.69) is 39.8 Å². The Labute approximate surface area is 197 Å². The molecule has 0 saturated heterocycles. The number of carboxylic acid groups (broad SMARTS) is 1. The van der Waals surface area contributed by atoms with Crippen LogP contribution in [0.15, 0.2) is 46.3 Å². The number of hydrogen-bond acceptors (Lipinski definition) is 3. The quantitative estimate of drug-likeness (QED) is 0.466. The predicted octanol–water partition coefficient (Wildman–Crippen LogP) is 6.70. The van der Waals surface area contributed by atoms with E-state index in [1.54, 1.807) is 6.08 Å². The summed E-state index contributed by atoms with van der Waals surface area (Å²) in [5, 5.41) is 20.3. The summed E-state index contributed by atoms with van der Waals surface area (Å²) in [6.45, 7) is 13.3. The van der Waals surface area contributed by atoms with E-state index < -0.39 is 11.4 Å². The predicted molar refractivity (Wildman–Crippen MR) is 129 cm³/mol. The van der Waals surface area contributed by atoms with Gasteiger partial charge >= 0.3 is 5.97 Å². The number of ketones is 1. The lowest BCUT2D eigenvalue weighted by molar-refractivity contribution is -0.178. The molecule has 0 amide bonds. The summed E-state index contributed by atoms with van der Waals surface area (Å²) in [4.78, 5) is 24.8. The van der Waals surface area contributed by atoms with Gasteiger partial charge in [-0.2, -0.15) is 0 Å². The lowest BCUT2D eigenvalue weighted by atomic mass is 9.34. The van der Waals surface area contributed by atoms with Crippen LogP contribution < -0.4 is 0 Å². The Hall–Kier alpha value is -2.10. The van der Waals surface area contributed by atoms with Gasteiger partial charge in [-0.1, -0.05) is 45.4 Å². The van der Waals surface area contributed by atoms with E-state index in [9.17, 15) is 19.8 Å². The third kappa shape index (κ3) is 2.64. The molecule has 5 rings (SSSR count). The van der Waals surface area contributed by atoms with Gasteiger partial charge in [-0.05, 0) is 98.2 Å². The highest BCUT2D eigenvalue weighted by atomic mass is 16.4. The van der Waals surface area contributed by atoms with Crippen LogP contribution in [-0.4, -0.2) is 22.0 Å². The zero-order valence-electron chi connectivity index (χ0n) is 21.0. The lowest BCUT2D eigenvalue weighted by Gasteiger charge is -2.70. The Balaban J connectivity index is 1.64. The molecular formula is C29H38O4. The molecule has 3 fully saturated rings. The maximum atomic E-state index is 12.6. The monoisotopic (exact) mass is 450 g/mol. The molecule has 0 heterocycles. The molecule has 6 atom stereocenters. The zero-order valence-corrected chi connectivity index (χ0v) is 21.0. The number of carbonyl (C=O) groups is 2. The highest BCUT2D eigenvalue weighted by molar-refractivity contribution is 6.06. The number of aliphatic carboxylic acids is 1. The smallest absolute Gasteiger partial charge is 0.309 e. The Morgan fingerprint density at radius 3 is 2.30 bits per heavy atom. The fourth-order valence-corrected chi connectivity index (χ4v) is 8.65. The summed E-state index contributed by atoms with van der Waals surface area (Å²) in [6, 6.07) is 0. The maximum absolute atomic E-state index is 12.6. The second-order valence-corrected chi connectivity index (χ2v) is 12.9. The fourth-order valence-electron chi connectivity index (χ4n) is 8.65. The Morgan fingerprint density at radius 1 is 0.970 bits per heavy atom. The summed E-state index contributed by atoms with van der Waals surface area (Å²) in [7, 11) is 0. The summed E-state index contributed by atoms with van der Waals surface area (Å²) in [6.07, 6.45) is 12.7. The average Bonchev–Trinajstić information content (AvgIpc) is 2.75. The number of allylic oxidation sites excluding steroid dienone is 7. The molecular weight excluding hydrogens is 412 g/mol. The number of carboxylic acids is 1. The van der Waals surface area contributed by atoms with Crippen LogP contribution in [0.3, 0.4) is 0 Å². The van der Waals surface area contributed by atoms with Crippen LogP contribution in [-0.2, 0) is 9.59 Å². The molecule has 5 aliphatic carbocycles. The number of aliphatic hydroxyl groups excluding tert-OH is 1. The van der Waals surface area contributed by atoms with Gasteiger partial charge in [0.05, 0.1) is 5.41 Å². The van der Waals surface area contributed by atoms with Gasteiger partial charge < -0.3 is 10.2 Å². The van der Waals surface area contributed by atoms with Gasteiger partial charge in [0.15, 0.2) is 5.76 Å². The summed E-state index contributed by atoms with van der Waals surface area (Å²) in [5.41, 5.74) is 3.33. The van der Waals surface area contributed by atoms with Crippen molar-refractivity contribution >= 4 is 11.8 Å². The molecule has 0 radical (unpaired) electrons. The van der Waals surface area contributed by atoms with E-state index in [1.165, 1.54) is 5.57 Å². The fraction of sp³-hybridized carbons (Fsp3) is 0.655. The van der Waals surface area contributed by atoms with E-state index >= 15 is 0 Å². The molecule has 3 saturated carbocycles. The SMILES string of the molecule is CC1=C(O)C(=O)C=C2C1=CC=C1[C@@]2(C)CC[C@@]2(C)[C@@H]3C[C@](C)(C(=O)O)CC[C@@]3(C)CC[C@]12C. The van der Waals surface area contributed by atoms with Gasteiger partial charge in [-0.15, -0.1) is 0 Å². The third-order valence-electron chi connectivity index (χ3n) is 11.4. The summed E-state index contributed by atoms with van der Waals surface area (Å²) in [5.74, 6) is -0.734. The molecule has 2 N–H and O–H groups in total. The normalized spacial score (nSPS) is 46.8. The Morgan fingerprint density at radius 2 is 1.64 bits per heavy atom. The highest BCUT2D eigenvalue weighted by Gasteiger charge is 2.67. The van der Waals surface area contributed by atoms with Crippen molar-refractivity contribution in [3.05, 3.63) is 46.3 Å². The molecule has 0 aromatic rings. The first-order valence-electron chi connectivity index (χ1n) is 12.6. The van der Waals surface area contributed by atoms with Crippen molar-refractivity contribution in [2.45, 2.75) is 86.5 Å². The second-order valence-electron chi connectivity index (χ2n) is 12.9. The molecule has 0 bridgehead atoms. The lowest BCUT2D eigenvalue weighted by Crippen LogP contribution is -2.62. The van der Waals surface area contributed by atoms with Crippen LogP contribution in [0.5, 0.6) is 0 Å². The zero-order chi connectivity index (χ0) is 24.2. The number of aliphatic hydroxyl groups is 1. The van der Waals surface area contributed by atoms with E-state index in [-0.39, 0.29) is 33.2 Å². The van der Waals surface area contributed by atoms with E-state index in [0.717, 1.165) is 56.1 Å². The summed E-state index contributed by atoms with van der Waals surface area (Å²) >= 11 is 0. The van der Waals surface area contributed by atoms with Crippen LogP contribution >= 0.6 is 0 Å². The Bertz CT molecular complexity index is 1100. The molecule has 4 nitrogen and oxygen atoms in total. The molecule has 178 valence electrons. The van der Waals surface area contributed by atoms with Crippen molar-refractivity contribution in [2.24, 2.45) is 33.0 Å². The largest absolute Gasteiger partial charge is 0.504 e. The summed E-state index contributed by atoms with van der Waals surface area (Å²) < 4.78 is 0. The van der Waals surface area contributed by atoms with Crippen molar-refractivity contribution in [3.63, 3.8) is 0 Å². The minimum Gasteiger partial charge on any atom is -0.504 e. The maximum Gasteiger partial charge on any atom is 0.309 e. The first-order valence-corrected chi connectivity index (χ1v) is 12.6. The van der Waals surface area contributed by atoms with Crippen LogP contribution in [0.25, 0.3) is 0 Å². The molecule has 0 aromatic heterocycles. The highest BCUT2D eigenvalue weighted by Crippen LogP contribution is 2.75. The minimum atomic E-state index is -0.655. The van der Waals surface area contributed by atoms with Crippen LogP contribution in [0.1, 0.15) is 86.5 Å². The van der Waals surface area contributed by atoms with Crippen LogP contribution in [0.4, 0.5) is 0 Å². The standard InChI is InChI=1S/C29H38O4/c1-17-18-7-8-21-27(4,19(18)15-20(30)23(17)31)12-14-29(6)22-16-26(3,24(32)33)10-9-25(22,2)11-13-28(21,29)5/h7-8,15,22,31H,9-14,16H2,1-6H3,(H,32,33)/t22-,25+,26-,27+,28-,29+/m1/s1. The van der Waals surface area contributed by atoms with Gasteiger partial charge in [0.2, 0.25) is 5.78 Å². The third-order valence-corrected chi connectivity index (χ3v) is 11.4. The number of hydrogen-bond donors (Lipinski definition) is 2. The van der Waals surface area contributed by atoms with Crippen molar-refractivity contribution in [2.75, 3.05) is 0 Å². The molecule has 4 heteroatoms. The number of rotatable bonds is 1. The van der Waals surface area contributed by atoms with Gasteiger partial charge in [-0.3, -0.25) is 9.59 Å². The van der Waals surface area contributed by atoms with Crippen molar-refractivity contribution in [1.82, 2.24) is 0 Å². The van der Waals surface area contributed by atoms with Gasteiger partial charge in [0.1, 0.15) is 0 Å². The van der Waals surface area contributed by atoms with E-state index in [4.69, 9.17) is 0 Å². The van der Waals surface area contributed by atoms with Gasteiger partial charge in [0, 0.05) is 11.0 Å². The minimum absolute atomic E-state index is 0.0000746. The molecule has 0 unspecified atom stereocenters. The van der Waals surface area contributed by atoms with Crippen molar-refractivity contribution in [3.8, 4) is 0 Å². The van der Waals surface area contributed by atoms with Crippen LogP contribution in [0, 0.1) is 33.0 Å². The van der Waals surface area contributed by atoms with Gasteiger partial charge in [0.25, 0.3) is 0 Å². The Kier molecular flexibility index (Phi) is 4.48. The van der Waals surface area contributed by atoms with Crippen LogP contribution in [0.2, 0.25) is 0 Å². The van der Waals surface area contributed by atoms with E-state index in [0.29, 0.717) is 11.5 Å². The topological polar surface area (TPSA) is 74.6 Å². The first-order chi connectivity index (χ1) is 15.2. The van der Waals surface area contributed by atoms with Gasteiger partial charge in [-0.25, -0.2) is 0 Å². The first kappa shape index (κ1) is 22.7. The average molecular weight is 451 g/mol. The second kappa shape index (κ2) is 6.52. The van der Waals surface area contributed by atoms with E-state index in [1.807, 2.05) is 13.8 Å². The molecule has 5 aliphatic rings.